The predicted molar refractivity (Wildman–Crippen MR) is 110 cm³/mol. The predicted octanol–water partition coefficient (Wildman–Crippen LogP) is 4.10. The average Bonchev–Trinajstić information content (AvgIpc) is 2.67. The van der Waals surface area contributed by atoms with Gasteiger partial charge in [0.2, 0.25) is 0 Å². The summed E-state index contributed by atoms with van der Waals surface area (Å²) in [6, 6.07) is 5.76. The van der Waals surface area contributed by atoms with E-state index in [1.54, 1.807) is 18.2 Å². The zero-order valence-corrected chi connectivity index (χ0v) is 17.2. The molecular weight excluding hydrogens is 391 g/mol. The average molecular weight is 417 g/mol. The molecule has 7 heteroatoms. The van der Waals surface area contributed by atoms with Crippen LogP contribution in [0.4, 0.5) is 0 Å². The largest absolute Gasteiger partial charge is 0.482 e. The molecule has 0 radical (unpaired) electrons. The van der Waals surface area contributed by atoms with Gasteiger partial charge in [0.1, 0.15) is 5.75 Å². The van der Waals surface area contributed by atoms with Gasteiger partial charge in [-0.3, -0.25) is 4.79 Å². The molecule has 2 saturated heterocycles. The van der Waals surface area contributed by atoms with Crippen molar-refractivity contribution < 1.29 is 9.53 Å². The molecule has 2 fully saturated rings. The summed E-state index contributed by atoms with van der Waals surface area (Å²) in [6.45, 7) is 3.02. The number of rotatable bonds is 6. The normalized spacial score (nSPS) is 20.1. The van der Waals surface area contributed by atoms with E-state index >= 15 is 0 Å². The van der Waals surface area contributed by atoms with Crippen LogP contribution in [0.2, 0.25) is 10.0 Å². The van der Waals surface area contributed by atoms with Crippen molar-refractivity contribution in [3.05, 3.63) is 28.2 Å². The van der Waals surface area contributed by atoms with E-state index in [4.69, 9.17) is 27.9 Å². The van der Waals surface area contributed by atoms with Crippen LogP contribution >= 0.6 is 35.0 Å². The lowest BCUT2D eigenvalue weighted by molar-refractivity contribution is -0.123. The lowest BCUT2D eigenvalue weighted by Crippen LogP contribution is -2.45. The molecule has 2 aliphatic rings. The molecule has 1 amide bonds. The number of carbonyl (C=O) groups is 1. The van der Waals surface area contributed by atoms with Crippen LogP contribution in [-0.2, 0) is 4.79 Å². The molecule has 2 heterocycles. The minimum absolute atomic E-state index is 0.0278. The first kappa shape index (κ1) is 20.1. The third-order valence-corrected chi connectivity index (χ3v) is 6.78. The number of hydrogen-bond donors (Lipinski definition) is 1. The first-order valence-electron chi connectivity index (χ1n) is 9.28. The highest BCUT2D eigenvalue weighted by Gasteiger charge is 2.26. The molecule has 2 aliphatic heterocycles. The Hall–Kier alpha value is -0.620. The highest BCUT2D eigenvalue weighted by atomic mass is 35.5. The number of nitrogens with one attached hydrogen (secondary N) is 1. The molecule has 1 N–H and O–H groups in total. The Balaban J connectivity index is 1.33. The second-order valence-electron chi connectivity index (χ2n) is 6.99. The van der Waals surface area contributed by atoms with E-state index in [9.17, 15) is 4.79 Å². The topological polar surface area (TPSA) is 41.6 Å². The summed E-state index contributed by atoms with van der Waals surface area (Å²) in [5.41, 5.74) is 0. The minimum atomic E-state index is -0.109. The Morgan fingerprint density at radius 3 is 2.62 bits per heavy atom. The fourth-order valence-corrected chi connectivity index (χ4v) is 5.16. The van der Waals surface area contributed by atoms with Gasteiger partial charge in [-0.15, -0.1) is 0 Å². The van der Waals surface area contributed by atoms with E-state index in [-0.39, 0.29) is 12.5 Å². The van der Waals surface area contributed by atoms with Crippen LogP contribution in [0.25, 0.3) is 0 Å². The summed E-state index contributed by atoms with van der Waals surface area (Å²) < 4.78 is 5.48. The zero-order valence-electron chi connectivity index (χ0n) is 14.9. The Morgan fingerprint density at radius 1 is 1.19 bits per heavy atom. The van der Waals surface area contributed by atoms with Crippen LogP contribution in [0.15, 0.2) is 18.2 Å². The van der Waals surface area contributed by atoms with Crippen molar-refractivity contribution in [2.45, 2.75) is 31.7 Å². The Bertz CT molecular complexity index is 603. The van der Waals surface area contributed by atoms with Crippen LogP contribution in [0.1, 0.15) is 25.7 Å². The molecule has 0 saturated carbocycles. The van der Waals surface area contributed by atoms with Gasteiger partial charge in [-0.2, -0.15) is 11.8 Å². The van der Waals surface area contributed by atoms with Gasteiger partial charge in [0.15, 0.2) is 6.61 Å². The van der Waals surface area contributed by atoms with Crippen molar-refractivity contribution in [2.24, 2.45) is 5.92 Å². The Kier molecular flexibility index (Phi) is 7.79. The third-order valence-electron chi connectivity index (χ3n) is 5.20. The molecule has 3 rings (SSSR count). The molecule has 0 unspecified atom stereocenters. The maximum Gasteiger partial charge on any atom is 0.257 e. The first-order valence-corrected chi connectivity index (χ1v) is 11.2. The number of carbonyl (C=O) groups excluding carboxylic acids is 1. The summed E-state index contributed by atoms with van der Waals surface area (Å²) in [7, 11) is 0. The number of benzene rings is 1. The van der Waals surface area contributed by atoms with E-state index in [2.05, 4.69) is 22.0 Å². The molecule has 0 aliphatic carbocycles. The lowest BCUT2D eigenvalue weighted by Gasteiger charge is -2.39. The number of thioether (sulfide) groups is 1. The molecule has 1 aromatic rings. The zero-order chi connectivity index (χ0) is 18.4. The van der Waals surface area contributed by atoms with E-state index in [0.29, 0.717) is 21.7 Å². The number of piperidine rings is 1. The van der Waals surface area contributed by atoms with Crippen LogP contribution < -0.4 is 10.1 Å². The van der Waals surface area contributed by atoms with E-state index < -0.39 is 0 Å². The van der Waals surface area contributed by atoms with Crippen molar-refractivity contribution in [3.63, 3.8) is 0 Å². The second-order valence-corrected chi connectivity index (χ2v) is 9.06. The van der Waals surface area contributed by atoms with Crippen molar-refractivity contribution in [3.8, 4) is 5.75 Å². The van der Waals surface area contributed by atoms with Crippen LogP contribution in [0.3, 0.4) is 0 Å². The van der Waals surface area contributed by atoms with E-state index in [1.165, 1.54) is 24.3 Å². The first-order chi connectivity index (χ1) is 12.6. The number of hydrogen-bond acceptors (Lipinski definition) is 4. The van der Waals surface area contributed by atoms with Gasteiger partial charge >= 0.3 is 0 Å². The highest BCUT2D eigenvalue weighted by molar-refractivity contribution is 7.99. The third kappa shape index (κ3) is 5.95. The van der Waals surface area contributed by atoms with Gasteiger partial charge in [-0.1, -0.05) is 23.2 Å². The minimum Gasteiger partial charge on any atom is -0.482 e. The number of amides is 1. The van der Waals surface area contributed by atoms with Gasteiger partial charge < -0.3 is 15.0 Å². The monoisotopic (exact) mass is 416 g/mol. The van der Waals surface area contributed by atoms with Gasteiger partial charge in [-0.05, 0) is 74.4 Å². The van der Waals surface area contributed by atoms with Crippen molar-refractivity contribution in [1.82, 2.24) is 10.2 Å². The fourth-order valence-electron chi connectivity index (χ4n) is 3.62. The molecule has 0 aromatic heterocycles. The van der Waals surface area contributed by atoms with Crippen molar-refractivity contribution in [2.75, 3.05) is 37.7 Å². The van der Waals surface area contributed by atoms with Crippen LogP contribution in [0, 0.1) is 5.92 Å². The highest BCUT2D eigenvalue weighted by Crippen LogP contribution is 2.28. The molecule has 1 aromatic carbocycles. The summed E-state index contributed by atoms with van der Waals surface area (Å²) in [6.07, 6.45) is 4.98. The van der Waals surface area contributed by atoms with E-state index in [1.807, 2.05) is 0 Å². The fraction of sp³-hybridized carbons (Fsp3) is 0.632. The summed E-state index contributed by atoms with van der Waals surface area (Å²) in [5.74, 6) is 3.54. The van der Waals surface area contributed by atoms with Gasteiger partial charge in [-0.25, -0.2) is 0 Å². The molecule has 4 nitrogen and oxygen atoms in total. The smallest absolute Gasteiger partial charge is 0.257 e. The maximum absolute atomic E-state index is 12.0. The van der Waals surface area contributed by atoms with Crippen molar-refractivity contribution >= 4 is 40.9 Å². The molecule has 0 atom stereocenters. The summed E-state index contributed by atoms with van der Waals surface area (Å²) >= 11 is 14.0. The summed E-state index contributed by atoms with van der Waals surface area (Å²) in [4.78, 5) is 14.7. The number of halogens is 2. The molecule has 26 heavy (non-hydrogen) atoms. The SMILES string of the molecule is O=C(COc1ccc(Cl)cc1Cl)NCC1CCN(C2CCSCC2)CC1. The number of likely N-dealkylation sites (tertiary alicyclic amines) is 1. The van der Waals surface area contributed by atoms with Crippen LogP contribution in [0.5, 0.6) is 5.75 Å². The molecule has 0 bridgehead atoms. The summed E-state index contributed by atoms with van der Waals surface area (Å²) in [5, 5.41) is 3.95. The van der Waals surface area contributed by atoms with Gasteiger partial charge in [0, 0.05) is 17.6 Å². The maximum atomic E-state index is 12.0. The Morgan fingerprint density at radius 2 is 1.92 bits per heavy atom. The molecule has 144 valence electrons. The van der Waals surface area contributed by atoms with Gasteiger partial charge in [0.25, 0.3) is 5.91 Å². The standard InChI is InChI=1S/C19H26Cl2N2O2S/c20-15-1-2-18(17(21)11-15)25-13-19(24)22-12-14-3-7-23(8-4-14)16-5-9-26-10-6-16/h1-2,11,14,16H,3-10,12-13H2,(H,22,24). The number of ether oxygens (including phenoxy) is 1. The molecular formula is C19H26Cl2N2O2S. The van der Waals surface area contributed by atoms with E-state index in [0.717, 1.165) is 38.5 Å². The van der Waals surface area contributed by atoms with Crippen molar-refractivity contribution in [1.29, 1.82) is 0 Å². The van der Waals surface area contributed by atoms with Crippen LogP contribution in [-0.4, -0.2) is 54.6 Å². The van der Waals surface area contributed by atoms with Gasteiger partial charge in [0.05, 0.1) is 5.02 Å². The quantitative estimate of drug-likeness (QED) is 0.757. The Labute approximate surface area is 169 Å². The molecule has 0 spiro atoms. The second kappa shape index (κ2) is 10.1. The number of nitrogens with zero attached hydrogens (tertiary/aromatic N) is 1. The lowest BCUT2D eigenvalue weighted by atomic mass is 9.94.